The average Bonchev–Trinajstić information content (AvgIpc) is 2.57. The van der Waals surface area contributed by atoms with E-state index >= 15 is 0 Å². The molecular formula is C11H12ClNO3S. The summed E-state index contributed by atoms with van der Waals surface area (Å²) in [5.74, 6) is 0.298. The molecule has 17 heavy (non-hydrogen) atoms. The molecule has 92 valence electrons. The molecule has 0 fully saturated rings. The summed E-state index contributed by atoms with van der Waals surface area (Å²) < 4.78 is 29.4. The van der Waals surface area contributed by atoms with Gasteiger partial charge in [0.1, 0.15) is 5.75 Å². The Kier molecular flexibility index (Phi) is 3.05. The number of benzene rings is 1. The van der Waals surface area contributed by atoms with Crippen molar-refractivity contribution in [1.82, 2.24) is 4.57 Å². The van der Waals surface area contributed by atoms with Crippen molar-refractivity contribution in [2.45, 2.75) is 5.75 Å². The summed E-state index contributed by atoms with van der Waals surface area (Å²) in [6.45, 7) is 0. The van der Waals surface area contributed by atoms with Crippen molar-refractivity contribution in [3.8, 4) is 5.75 Å². The van der Waals surface area contributed by atoms with Crippen LogP contribution in [0.3, 0.4) is 0 Å². The summed E-state index contributed by atoms with van der Waals surface area (Å²) in [5.41, 5.74) is 1.51. The highest BCUT2D eigenvalue weighted by Crippen LogP contribution is 2.28. The molecule has 0 saturated heterocycles. The van der Waals surface area contributed by atoms with Gasteiger partial charge in [-0.3, -0.25) is 0 Å². The molecule has 4 nitrogen and oxygen atoms in total. The van der Waals surface area contributed by atoms with E-state index in [4.69, 9.17) is 15.4 Å². The lowest BCUT2D eigenvalue weighted by Crippen LogP contribution is -1.99. The fourth-order valence-electron chi connectivity index (χ4n) is 1.83. The van der Waals surface area contributed by atoms with Crippen molar-refractivity contribution in [3.63, 3.8) is 0 Å². The van der Waals surface area contributed by atoms with Crippen LogP contribution in [-0.2, 0) is 21.9 Å². The molecule has 0 aliphatic heterocycles. The lowest BCUT2D eigenvalue weighted by molar-refractivity contribution is 0.411. The van der Waals surface area contributed by atoms with Gasteiger partial charge in [0, 0.05) is 40.4 Å². The first-order valence-electron chi connectivity index (χ1n) is 4.95. The molecule has 0 amide bonds. The molecule has 2 aromatic rings. The van der Waals surface area contributed by atoms with Gasteiger partial charge >= 0.3 is 0 Å². The number of halogens is 1. The van der Waals surface area contributed by atoms with Crippen LogP contribution >= 0.6 is 10.7 Å². The lowest BCUT2D eigenvalue weighted by Gasteiger charge is -2.08. The first-order chi connectivity index (χ1) is 7.90. The molecule has 0 atom stereocenters. The molecule has 0 bridgehead atoms. The predicted molar refractivity (Wildman–Crippen MR) is 67.9 cm³/mol. The number of aromatic nitrogens is 1. The number of rotatable bonds is 3. The zero-order chi connectivity index (χ0) is 12.6. The zero-order valence-corrected chi connectivity index (χ0v) is 11.0. The number of fused-ring (bicyclic) bond motifs is 1. The van der Waals surface area contributed by atoms with Crippen LogP contribution in [0.25, 0.3) is 10.9 Å². The molecule has 0 aliphatic rings. The average molecular weight is 274 g/mol. The predicted octanol–water partition coefficient (Wildman–Crippen LogP) is 2.26. The maximum atomic E-state index is 11.1. The Hall–Kier alpha value is -1.20. The van der Waals surface area contributed by atoms with Crippen molar-refractivity contribution in [2.24, 2.45) is 7.05 Å². The standard InChI is InChI=1S/C11H12ClNO3S/c1-13-4-3-8-6-11(16-2)9(5-10(8)13)7-17(12,14)15/h3-6H,7H2,1-2H3. The third-order valence-corrected chi connectivity index (χ3v) is 3.60. The highest BCUT2D eigenvalue weighted by Gasteiger charge is 2.14. The Labute approximate surface area is 104 Å². The van der Waals surface area contributed by atoms with Crippen molar-refractivity contribution < 1.29 is 13.2 Å². The fraction of sp³-hybridized carbons (Fsp3) is 0.273. The van der Waals surface area contributed by atoms with Gasteiger partial charge in [0.25, 0.3) is 0 Å². The van der Waals surface area contributed by atoms with E-state index in [2.05, 4.69) is 0 Å². The largest absolute Gasteiger partial charge is 0.496 e. The van der Waals surface area contributed by atoms with Crippen LogP contribution in [0.1, 0.15) is 5.56 Å². The quantitative estimate of drug-likeness (QED) is 0.806. The Morgan fingerprint density at radius 1 is 1.41 bits per heavy atom. The topological polar surface area (TPSA) is 48.3 Å². The molecule has 0 aliphatic carbocycles. The molecule has 0 saturated carbocycles. The second kappa shape index (κ2) is 4.23. The molecule has 0 spiro atoms. The van der Waals surface area contributed by atoms with Gasteiger partial charge in [0.15, 0.2) is 0 Å². The maximum absolute atomic E-state index is 11.1. The van der Waals surface area contributed by atoms with Gasteiger partial charge in [0.2, 0.25) is 9.05 Å². The molecule has 6 heteroatoms. The smallest absolute Gasteiger partial charge is 0.236 e. The SMILES string of the molecule is COc1cc2ccn(C)c2cc1CS(=O)(=O)Cl. The van der Waals surface area contributed by atoms with Gasteiger partial charge < -0.3 is 9.30 Å². The van der Waals surface area contributed by atoms with E-state index in [0.717, 1.165) is 10.9 Å². The van der Waals surface area contributed by atoms with E-state index in [9.17, 15) is 8.42 Å². The molecule has 1 heterocycles. The summed E-state index contributed by atoms with van der Waals surface area (Å²) in [6.07, 6.45) is 1.91. The highest BCUT2D eigenvalue weighted by molar-refractivity contribution is 8.13. The molecule has 1 aromatic heterocycles. The van der Waals surface area contributed by atoms with E-state index < -0.39 is 9.05 Å². The third-order valence-electron chi connectivity index (χ3n) is 2.62. The van der Waals surface area contributed by atoms with Gasteiger partial charge in [-0.1, -0.05) is 0 Å². The Balaban J connectivity index is 2.63. The Morgan fingerprint density at radius 3 is 2.71 bits per heavy atom. The van der Waals surface area contributed by atoms with Crippen molar-refractivity contribution in [2.75, 3.05) is 7.11 Å². The van der Waals surface area contributed by atoms with E-state index in [1.54, 1.807) is 6.07 Å². The highest BCUT2D eigenvalue weighted by atomic mass is 35.7. The minimum Gasteiger partial charge on any atom is -0.496 e. The number of hydrogen-bond acceptors (Lipinski definition) is 3. The minimum atomic E-state index is -3.59. The summed E-state index contributed by atoms with van der Waals surface area (Å²) in [5, 5.41) is 1.00. The van der Waals surface area contributed by atoms with Crippen LogP contribution in [0.4, 0.5) is 0 Å². The summed E-state index contributed by atoms with van der Waals surface area (Å²) >= 11 is 0. The van der Waals surface area contributed by atoms with Crippen LogP contribution < -0.4 is 4.74 Å². The van der Waals surface area contributed by atoms with E-state index in [1.807, 2.05) is 29.9 Å². The summed E-state index contributed by atoms with van der Waals surface area (Å²) in [6, 6.07) is 5.54. The van der Waals surface area contributed by atoms with Gasteiger partial charge in [-0.25, -0.2) is 8.42 Å². The lowest BCUT2D eigenvalue weighted by atomic mass is 10.1. The van der Waals surface area contributed by atoms with Crippen molar-refractivity contribution in [3.05, 3.63) is 30.0 Å². The molecule has 2 rings (SSSR count). The van der Waals surface area contributed by atoms with Crippen LogP contribution in [0.5, 0.6) is 5.75 Å². The number of ether oxygens (including phenoxy) is 1. The molecule has 0 unspecified atom stereocenters. The third kappa shape index (κ3) is 2.56. The molecule has 0 radical (unpaired) electrons. The maximum Gasteiger partial charge on any atom is 0.236 e. The molecular weight excluding hydrogens is 262 g/mol. The van der Waals surface area contributed by atoms with Gasteiger partial charge in [-0.05, 0) is 18.2 Å². The van der Waals surface area contributed by atoms with Crippen molar-refractivity contribution >= 4 is 30.6 Å². The van der Waals surface area contributed by atoms with E-state index in [1.165, 1.54) is 7.11 Å². The summed E-state index contributed by atoms with van der Waals surface area (Å²) in [4.78, 5) is 0. The Morgan fingerprint density at radius 2 is 2.12 bits per heavy atom. The van der Waals surface area contributed by atoms with Crippen LogP contribution in [0.15, 0.2) is 24.4 Å². The number of nitrogens with zero attached hydrogens (tertiary/aromatic N) is 1. The number of methoxy groups -OCH3 is 1. The first-order valence-corrected chi connectivity index (χ1v) is 7.43. The Bertz CT molecular complexity index is 661. The molecule has 1 aromatic carbocycles. The monoisotopic (exact) mass is 273 g/mol. The molecule has 0 N–H and O–H groups in total. The normalized spacial score (nSPS) is 11.9. The van der Waals surface area contributed by atoms with Crippen LogP contribution in [0.2, 0.25) is 0 Å². The van der Waals surface area contributed by atoms with Crippen molar-refractivity contribution in [1.29, 1.82) is 0 Å². The number of aryl methyl sites for hydroxylation is 1. The van der Waals surface area contributed by atoms with E-state index in [-0.39, 0.29) is 5.75 Å². The fourth-order valence-corrected chi connectivity index (χ4v) is 2.78. The second-order valence-electron chi connectivity index (χ2n) is 3.83. The van der Waals surface area contributed by atoms with Crippen LogP contribution in [-0.4, -0.2) is 20.1 Å². The number of hydrogen-bond donors (Lipinski definition) is 0. The second-order valence-corrected chi connectivity index (χ2v) is 6.61. The van der Waals surface area contributed by atoms with Gasteiger partial charge in [0.05, 0.1) is 12.9 Å². The first kappa shape index (κ1) is 12.3. The van der Waals surface area contributed by atoms with Crippen LogP contribution in [0, 0.1) is 0 Å². The van der Waals surface area contributed by atoms with Gasteiger partial charge in [-0.2, -0.15) is 0 Å². The zero-order valence-electron chi connectivity index (χ0n) is 9.47. The minimum absolute atomic E-state index is 0.237. The summed E-state index contributed by atoms with van der Waals surface area (Å²) in [7, 11) is 5.09. The van der Waals surface area contributed by atoms with Gasteiger partial charge in [-0.15, -0.1) is 0 Å². The van der Waals surface area contributed by atoms with E-state index in [0.29, 0.717) is 11.3 Å².